The van der Waals surface area contributed by atoms with Crippen LogP contribution in [-0.2, 0) is 13.1 Å². The molecule has 0 aliphatic carbocycles. The van der Waals surface area contributed by atoms with E-state index in [1.165, 1.54) is 0 Å². The number of benzene rings is 2. The van der Waals surface area contributed by atoms with E-state index in [2.05, 4.69) is 40.0 Å². The van der Waals surface area contributed by atoms with Gasteiger partial charge in [-0.3, -0.25) is 4.90 Å². The van der Waals surface area contributed by atoms with Gasteiger partial charge in [0.1, 0.15) is 5.75 Å². The number of ether oxygens (including phenoxy) is 1. The van der Waals surface area contributed by atoms with Crippen molar-refractivity contribution in [2.75, 3.05) is 14.2 Å². The number of nitrogens with zero attached hydrogens (tertiary/aromatic N) is 1. The van der Waals surface area contributed by atoms with Crippen molar-refractivity contribution in [1.29, 1.82) is 0 Å². The van der Waals surface area contributed by atoms with Crippen LogP contribution in [0.2, 0.25) is 5.02 Å². The van der Waals surface area contributed by atoms with Gasteiger partial charge in [0.25, 0.3) is 0 Å². The minimum absolute atomic E-state index is 0.799. The fourth-order valence-corrected chi connectivity index (χ4v) is 2.74. The molecule has 4 heteroatoms. The van der Waals surface area contributed by atoms with Gasteiger partial charge in [0.15, 0.2) is 0 Å². The fraction of sp³-hybridized carbons (Fsp3) is 0.250. The molecule has 0 spiro atoms. The maximum absolute atomic E-state index is 6.20. The number of hydrogen-bond acceptors (Lipinski definition) is 2. The molecule has 0 radical (unpaired) electrons. The molecule has 0 bridgehead atoms. The molecule has 106 valence electrons. The maximum Gasteiger partial charge on any atom is 0.123 e. The van der Waals surface area contributed by atoms with Crippen molar-refractivity contribution in [3.8, 4) is 5.75 Å². The molecule has 0 heterocycles. The first kappa shape index (κ1) is 15.4. The lowest BCUT2D eigenvalue weighted by atomic mass is 10.1. The molecular weight excluding hydrogens is 338 g/mol. The van der Waals surface area contributed by atoms with Crippen molar-refractivity contribution in [1.82, 2.24) is 4.90 Å². The highest BCUT2D eigenvalue weighted by atomic mass is 79.9. The predicted octanol–water partition coefficient (Wildman–Crippen LogP) is 4.74. The van der Waals surface area contributed by atoms with Crippen molar-refractivity contribution in [2.45, 2.75) is 13.1 Å². The molecule has 2 rings (SSSR count). The molecule has 0 amide bonds. The number of hydrogen-bond donors (Lipinski definition) is 0. The topological polar surface area (TPSA) is 12.5 Å². The average Bonchev–Trinajstić information content (AvgIpc) is 2.41. The molecule has 0 N–H and O–H groups in total. The van der Waals surface area contributed by atoms with Gasteiger partial charge in [0, 0.05) is 28.1 Å². The smallest absolute Gasteiger partial charge is 0.123 e. The summed E-state index contributed by atoms with van der Waals surface area (Å²) in [5.41, 5.74) is 2.28. The fourth-order valence-electron chi connectivity index (χ4n) is 2.13. The summed E-state index contributed by atoms with van der Waals surface area (Å²) in [5, 5.41) is 0.806. The second-order valence-corrected chi connectivity index (χ2v) is 6.04. The SMILES string of the molecule is COc1ccc(Br)cc1CN(C)Cc1ccccc1Cl. The highest BCUT2D eigenvalue weighted by Gasteiger charge is 2.09. The molecule has 0 saturated carbocycles. The van der Waals surface area contributed by atoms with E-state index in [1.807, 2.05) is 30.3 Å². The van der Waals surface area contributed by atoms with Crippen LogP contribution >= 0.6 is 27.5 Å². The van der Waals surface area contributed by atoms with E-state index < -0.39 is 0 Å². The summed E-state index contributed by atoms with van der Waals surface area (Å²) in [6, 6.07) is 14.0. The summed E-state index contributed by atoms with van der Waals surface area (Å²) in [6.45, 7) is 1.60. The lowest BCUT2D eigenvalue weighted by Gasteiger charge is -2.19. The maximum atomic E-state index is 6.20. The summed E-state index contributed by atoms with van der Waals surface area (Å²) in [6.07, 6.45) is 0. The summed E-state index contributed by atoms with van der Waals surface area (Å²) < 4.78 is 6.46. The van der Waals surface area contributed by atoms with Gasteiger partial charge in [-0.05, 0) is 36.9 Å². The average molecular weight is 355 g/mol. The Morgan fingerprint density at radius 1 is 1.10 bits per heavy atom. The molecule has 0 fully saturated rings. The van der Waals surface area contributed by atoms with Crippen LogP contribution in [0.15, 0.2) is 46.9 Å². The standard InChI is InChI=1S/C16H17BrClNO/c1-19(10-12-5-3-4-6-15(12)18)11-13-9-14(17)7-8-16(13)20-2/h3-9H,10-11H2,1-2H3. The van der Waals surface area contributed by atoms with Crippen molar-refractivity contribution in [3.63, 3.8) is 0 Å². The first-order valence-corrected chi connectivity index (χ1v) is 7.51. The van der Waals surface area contributed by atoms with Crippen molar-refractivity contribution < 1.29 is 4.74 Å². The zero-order valence-corrected chi connectivity index (χ0v) is 13.9. The second-order valence-electron chi connectivity index (χ2n) is 4.72. The van der Waals surface area contributed by atoms with E-state index >= 15 is 0 Å². The molecule has 0 atom stereocenters. The zero-order chi connectivity index (χ0) is 14.5. The van der Waals surface area contributed by atoms with E-state index in [0.29, 0.717) is 0 Å². The van der Waals surface area contributed by atoms with Crippen LogP contribution in [-0.4, -0.2) is 19.1 Å². The molecule has 2 aromatic carbocycles. The Balaban J connectivity index is 2.10. The summed E-state index contributed by atoms with van der Waals surface area (Å²) in [4.78, 5) is 2.21. The zero-order valence-electron chi connectivity index (χ0n) is 11.6. The molecule has 0 saturated heterocycles. The Kier molecular flexibility index (Phi) is 5.46. The van der Waals surface area contributed by atoms with Crippen LogP contribution in [0.5, 0.6) is 5.75 Å². The van der Waals surface area contributed by atoms with Crippen molar-refractivity contribution in [2.24, 2.45) is 0 Å². The highest BCUT2D eigenvalue weighted by molar-refractivity contribution is 9.10. The van der Waals surface area contributed by atoms with Crippen molar-refractivity contribution in [3.05, 3.63) is 63.1 Å². The quantitative estimate of drug-likeness (QED) is 0.769. The Bertz CT molecular complexity index is 588. The van der Waals surface area contributed by atoms with E-state index in [-0.39, 0.29) is 0 Å². The van der Waals surface area contributed by atoms with Gasteiger partial charge in [-0.2, -0.15) is 0 Å². The Hall–Kier alpha value is -1.03. The molecule has 2 nitrogen and oxygen atoms in total. The first-order valence-electron chi connectivity index (χ1n) is 6.34. The number of methoxy groups -OCH3 is 1. The summed E-state index contributed by atoms with van der Waals surface area (Å²) in [7, 11) is 3.77. The van der Waals surface area contributed by atoms with Gasteiger partial charge in [-0.1, -0.05) is 45.7 Å². The van der Waals surface area contributed by atoms with Gasteiger partial charge >= 0.3 is 0 Å². The molecule has 0 aliphatic heterocycles. The predicted molar refractivity (Wildman–Crippen MR) is 87.3 cm³/mol. The first-order chi connectivity index (χ1) is 9.60. The summed E-state index contributed by atoms with van der Waals surface area (Å²) in [5.74, 6) is 0.902. The van der Waals surface area contributed by atoms with E-state index in [4.69, 9.17) is 16.3 Å². The molecular formula is C16H17BrClNO. The third-order valence-electron chi connectivity index (χ3n) is 3.08. The van der Waals surface area contributed by atoms with Gasteiger partial charge in [-0.15, -0.1) is 0 Å². The van der Waals surface area contributed by atoms with E-state index in [0.717, 1.165) is 39.5 Å². The molecule has 0 unspecified atom stereocenters. The normalized spacial score (nSPS) is 10.8. The molecule has 20 heavy (non-hydrogen) atoms. The van der Waals surface area contributed by atoms with Crippen LogP contribution in [0, 0.1) is 0 Å². The lowest BCUT2D eigenvalue weighted by molar-refractivity contribution is 0.310. The lowest BCUT2D eigenvalue weighted by Crippen LogP contribution is -2.18. The summed E-state index contributed by atoms with van der Waals surface area (Å²) >= 11 is 9.69. The highest BCUT2D eigenvalue weighted by Crippen LogP contribution is 2.25. The molecule has 2 aromatic rings. The van der Waals surface area contributed by atoms with E-state index in [1.54, 1.807) is 7.11 Å². The van der Waals surface area contributed by atoms with E-state index in [9.17, 15) is 0 Å². The van der Waals surface area contributed by atoms with Crippen LogP contribution in [0.4, 0.5) is 0 Å². The Morgan fingerprint density at radius 3 is 2.50 bits per heavy atom. The van der Waals surface area contributed by atoms with Gasteiger partial charge in [-0.25, -0.2) is 0 Å². The Morgan fingerprint density at radius 2 is 1.80 bits per heavy atom. The van der Waals surface area contributed by atoms with Crippen LogP contribution in [0.25, 0.3) is 0 Å². The molecule has 0 aliphatic rings. The van der Waals surface area contributed by atoms with Crippen molar-refractivity contribution >= 4 is 27.5 Å². The minimum Gasteiger partial charge on any atom is -0.496 e. The Labute approximate surface area is 133 Å². The third kappa shape index (κ3) is 3.98. The monoisotopic (exact) mass is 353 g/mol. The van der Waals surface area contributed by atoms with Gasteiger partial charge in [0.2, 0.25) is 0 Å². The largest absolute Gasteiger partial charge is 0.496 e. The van der Waals surface area contributed by atoms with Gasteiger partial charge in [0.05, 0.1) is 7.11 Å². The minimum atomic E-state index is 0.799. The third-order valence-corrected chi connectivity index (χ3v) is 3.94. The molecule has 0 aromatic heterocycles. The van der Waals surface area contributed by atoms with Crippen LogP contribution in [0.3, 0.4) is 0 Å². The number of rotatable bonds is 5. The van der Waals surface area contributed by atoms with Crippen LogP contribution in [0.1, 0.15) is 11.1 Å². The van der Waals surface area contributed by atoms with Crippen LogP contribution < -0.4 is 4.74 Å². The van der Waals surface area contributed by atoms with Gasteiger partial charge < -0.3 is 4.74 Å². The number of halogens is 2. The second kappa shape index (κ2) is 7.11.